The van der Waals surface area contributed by atoms with Gasteiger partial charge in [-0.3, -0.25) is 4.79 Å². The zero-order valence-electron chi connectivity index (χ0n) is 12.9. The van der Waals surface area contributed by atoms with Crippen LogP contribution in [0.15, 0.2) is 42.5 Å². The largest absolute Gasteiger partial charge is 0.358 e. The Morgan fingerprint density at radius 1 is 1.25 bits per heavy atom. The van der Waals surface area contributed by atoms with E-state index in [0.717, 1.165) is 35.9 Å². The molecule has 122 valence electrons. The number of aromatic nitrogens is 1. The minimum Gasteiger partial charge on any atom is -0.358 e. The quantitative estimate of drug-likeness (QED) is 0.718. The Labute approximate surface area is 143 Å². The Hall–Kier alpha value is -2.33. The summed E-state index contributed by atoms with van der Waals surface area (Å²) in [7, 11) is 0. The zero-order valence-corrected chi connectivity index (χ0v) is 13.7. The number of carbonyl (C=O) groups is 1. The van der Waals surface area contributed by atoms with E-state index >= 15 is 0 Å². The molecule has 2 N–H and O–H groups in total. The second kappa shape index (κ2) is 5.95. The number of fused-ring (bicyclic) bond motifs is 3. The summed E-state index contributed by atoms with van der Waals surface area (Å²) in [6, 6.07) is 11.9. The Morgan fingerprint density at radius 3 is 2.92 bits per heavy atom. The molecule has 1 amide bonds. The first-order valence-corrected chi connectivity index (χ1v) is 8.34. The number of rotatable bonds is 2. The lowest BCUT2D eigenvalue weighted by Crippen LogP contribution is -2.38. The zero-order chi connectivity index (χ0) is 16.7. The smallest absolute Gasteiger partial charge is 0.253 e. The number of hydrogen-bond donors (Lipinski definition) is 2. The van der Waals surface area contributed by atoms with E-state index in [-0.39, 0.29) is 17.8 Å². The topological polar surface area (TPSA) is 44.9 Å². The van der Waals surface area contributed by atoms with Crippen molar-refractivity contribution in [1.29, 1.82) is 0 Å². The second-order valence-electron chi connectivity index (χ2n) is 6.17. The molecule has 1 aliphatic carbocycles. The molecule has 1 heterocycles. The van der Waals surface area contributed by atoms with Gasteiger partial charge in [-0.15, -0.1) is 0 Å². The van der Waals surface area contributed by atoms with Crippen molar-refractivity contribution < 1.29 is 9.18 Å². The van der Waals surface area contributed by atoms with E-state index in [1.807, 2.05) is 0 Å². The molecule has 0 aliphatic heterocycles. The third kappa shape index (κ3) is 2.67. The van der Waals surface area contributed by atoms with Gasteiger partial charge in [-0.2, -0.15) is 0 Å². The van der Waals surface area contributed by atoms with Crippen molar-refractivity contribution in [3.63, 3.8) is 0 Å². The molecular formula is C19H16ClFN2O. The number of amides is 1. The summed E-state index contributed by atoms with van der Waals surface area (Å²) < 4.78 is 13.4. The van der Waals surface area contributed by atoms with Crippen LogP contribution in [0.1, 0.15) is 28.0 Å². The molecule has 3 aromatic rings. The summed E-state index contributed by atoms with van der Waals surface area (Å²) >= 11 is 6.09. The molecule has 0 bridgehead atoms. The van der Waals surface area contributed by atoms with E-state index < -0.39 is 0 Å². The molecule has 1 atom stereocenters. The fraction of sp³-hybridized carbons (Fsp3) is 0.211. The lowest BCUT2D eigenvalue weighted by molar-refractivity contribution is 0.0934. The first-order valence-electron chi connectivity index (χ1n) is 7.96. The van der Waals surface area contributed by atoms with Crippen LogP contribution in [-0.2, 0) is 12.8 Å². The molecule has 0 saturated carbocycles. The van der Waals surface area contributed by atoms with Crippen LogP contribution in [0.4, 0.5) is 4.39 Å². The van der Waals surface area contributed by atoms with E-state index in [1.54, 1.807) is 30.3 Å². The average Bonchev–Trinajstić information content (AvgIpc) is 2.92. The van der Waals surface area contributed by atoms with Crippen molar-refractivity contribution >= 4 is 28.4 Å². The summed E-state index contributed by atoms with van der Waals surface area (Å²) in [5, 5.41) is 4.55. The van der Waals surface area contributed by atoms with Crippen LogP contribution in [0.2, 0.25) is 5.02 Å². The van der Waals surface area contributed by atoms with Gasteiger partial charge in [0.2, 0.25) is 0 Å². The van der Waals surface area contributed by atoms with Crippen molar-refractivity contribution in [2.24, 2.45) is 0 Å². The van der Waals surface area contributed by atoms with Gasteiger partial charge in [-0.25, -0.2) is 4.39 Å². The summed E-state index contributed by atoms with van der Waals surface area (Å²) in [5.74, 6) is -0.399. The molecular weight excluding hydrogens is 327 g/mol. The van der Waals surface area contributed by atoms with Gasteiger partial charge < -0.3 is 10.3 Å². The molecule has 2 aromatic carbocycles. The van der Waals surface area contributed by atoms with Crippen molar-refractivity contribution in [2.75, 3.05) is 0 Å². The fourth-order valence-corrected chi connectivity index (χ4v) is 3.65. The summed E-state index contributed by atoms with van der Waals surface area (Å²) in [6.45, 7) is 0. The molecule has 0 saturated heterocycles. The van der Waals surface area contributed by atoms with Crippen LogP contribution in [0, 0.1) is 5.82 Å². The van der Waals surface area contributed by atoms with E-state index in [2.05, 4.69) is 10.3 Å². The molecule has 4 rings (SSSR count). The highest BCUT2D eigenvalue weighted by Crippen LogP contribution is 2.30. The molecule has 1 aliphatic rings. The van der Waals surface area contributed by atoms with Gasteiger partial charge in [-0.1, -0.05) is 23.7 Å². The first-order chi connectivity index (χ1) is 11.6. The monoisotopic (exact) mass is 342 g/mol. The van der Waals surface area contributed by atoms with Gasteiger partial charge in [0, 0.05) is 22.6 Å². The maximum atomic E-state index is 13.4. The highest BCUT2D eigenvalue weighted by atomic mass is 35.5. The number of benzene rings is 2. The van der Waals surface area contributed by atoms with Crippen LogP contribution in [0.25, 0.3) is 10.9 Å². The van der Waals surface area contributed by atoms with Crippen LogP contribution in [0.5, 0.6) is 0 Å². The SMILES string of the molecule is O=C(NC1CCc2[nH]c3cc(F)ccc3c2C1)c1ccccc1Cl. The maximum absolute atomic E-state index is 13.4. The lowest BCUT2D eigenvalue weighted by atomic mass is 9.91. The third-order valence-electron chi connectivity index (χ3n) is 4.60. The summed E-state index contributed by atoms with van der Waals surface area (Å²) in [5.41, 5.74) is 3.61. The molecule has 0 fully saturated rings. The lowest BCUT2D eigenvalue weighted by Gasteiger charge is -2.24. The predicted molar refractivity (Wildman–Crippen MR) is 93.0 cm³/mol. The van der Waals surface area contributed by atoms with Gasteiger partial charge >= 0.3 is 0 Å². The number of nitrogens with one attached hydrogen (secondary N) is 2. The van der Waals surface area contributed by atoms with Gasteiger partial charge in [0.05, 0.1) is 10.6 Å². The molecule has 0 radical (unpaired) electrons. The van der Waals surface area contributed by atoms with Crippen LogP contribution in [-0.4, -0.2) is 16.9 Å². The van der Waals surface area contributed by atoms with Crippen molar-refractivity contribution in [1.82, 2.24) is 10.3 Å². The molecule has 1 aromatic heterocycles. The Kier molecular flexibility index (Phi) is 3.77. The van der Waals surface area contributed by atoms with E-state index in [1.165, 1.54) is 17.7 Å². The van der Waals surface area contributed by atoms with E-state index in [0.29, 0.717) is 10.6 Å². The van der Waals surface area contributed by atoms with Gasteiger partial charge in [0.25, 0.3) is 5.91 Å². The van der Waals surface area contributed by atoms with Crippen LogP contribution in [0.3, 0.4) is 0 Å². The molecule has 1 unspecified atom stereocenters. The number of carbonyl (C=O) groups excluding carboxylic acids is 1. The van der Waals surface area contributed by atoms with Gasteiger partial charge in [-0.05, 0) is 55.2 Å². The Balaban J connectivity index is 1.57. The summed E-state index contributed by atoms with van der Waals surface area (Å²) in [6.07, 6.45) is 2.41. The number of H-pyrrole nitrogens is 1. The fourth-order valence-electron chi connectivity index (χ4n) is 3.43. The van der Waals surface area contributed by atoms with Gasteiger partial charge in [0.1, 0.15) is 5.82 Å². The highest BCUT2D eigenvalue weighted by molar-refractivity contribution is 6.33. The maximum Gasteiger partial charge on any atom is 0.253 e. The van der Waals surface area contributed by atoms with Gasteiger partial charge in [0.15, 0.2) is 0 Å². The first kappa shape index (κ1) is 15.2. The van der Waals surface area contributed by atoms with E-state index in [9.17, 15) is 9.18 Å². The third-order valence-corrected chi connectivity index (χ3v) is 4.93. The van der Waals surface area contributed by atoms with Crippen LogP contribution < -0.4 is 5.32 Å². The molecule has 0 spiro atoms. The minimum atomic E-state index is -0.246. The minimum absolute atomic E-state index is 0.0466. The number of halogens is 2. The number of aryl methyl sites for hydroxylation is 1. The number of hydrogen-bond acceptors (Lipinski definition) is 1. The molecule has 24 heavy (non-hydrogen) atoms. The standard InChI is InChI=1S/C19H16ClFN2O/c20-16-4-2-1-3-14(16)19(24)22-12-6-8-17-15(10-12)13-7-5-11(21)9-18(13)23-17/h1-5,7,9,12,23H,6,8,10H2,(H,22,24). The normalized spacial score (nSPS) is 16.8. The van der Waals surface area contributed by atoms with Crippen molar-refractivity contribution in [3.05, 3.63) is 70.1 Å². The Bertz CT molecular complexity index is 934. The molecule has 5 heteroatoms. The second-order valence-corrected chi connectivity index (χ2v) is 6.57. The van der Waals surface area contributed by atoms with Crippen molar-refractivity contribution in [2.45, 2.75) is 25.3 Å². The Morgan fingerprint density at radius 2 is 2.08 bits per heavy atom. The highest BCUT2D eigenvalue weighted by Gasteiger charge is 2.24. The predicted octanol–water partition coefficient (Wildman–Crippen LogP) is 4.25. The van der Waals surface area contributed by atoms with E-state index in [4.69, 9.17) is 11.6 Å². The van der Waals surface area contributed by atoms with Crippen LogP contribution >= 0.6 is 11.6 Å². The van der Waals surface area contributed by atoms with Crippen molar-refractivity contribution in [3.8, 4) is 0 Å². The summed E-state index contributed by atoms with van der Waals surface area (Å²) in [4.78, 5) is 15.7. The molecule has 3 nitrogen and oxygen atoms in total. The average molecular weight is 343 g/mol. The number of aromatic amines is 1.